The summed E-state index contributed by atoms with van der Waals surface area (Å²) >= 11 is 0. The molecule has 0 aliphatic heterocycles. The topological polar surface area (TPSA) is 153 Å². The lowest BCUT2D eigenvalue weighted by atomic mass is 10.0. The predicted octanol–water partition coefficient (Wildman–Crippen LogP) is -0.607. The zero-order valence-corrected chi connectivity index (χ0v) is 13.6. The summed E-state index contributed by atoms with van der Waals surface area (Å²) in [5.41, 5.74) is 7.69. The second-order valence-corrected chi connectivity index (χ2v) is 5.78. The van der Waals surface area contributed by atoms with Gasteiger partial charge in [-0.05, 0) is 25.2 Å². The molecule has 2 atom stereocenters. The number of aliphatic carboxylic acids is 2. The number of primary amides is 1. The van der Waals surface area contributed by atoms with E-state index in [4.69, 9.17) is 10.8 Å². The van der Waals surface area contributed by atoms with Crippen LogP contribution in [0.1, 0.15) is 39.5 Å². The fourth-order valence-corrected chi connectivity index (χ4v) is 2.09. The summed E-state index contributed by atoms with van der Waals surface area (Å²) in [7, 11) is 0. The van der Waals surface area contributed by atoms with Crippen LogP contribution in [-0.4, -0.2) is 63.4 Å². The van der Waals surface area contributed by atoms with Crippen LogP contribution in [0.2, 0.25) is 0 Å². The van der Waals surface area contributed by atoms with Crippen molar-refractivity contribution in [2.24, 2.45) is 11.7 Å². The van der Waals surface area contributed by atoms with E-state index >= 15 is 0 Å². The molecule has 0 bridgehead atoms. The van der Waals surface area contributed by atoms with Gasteiger partial charge in [0, 0.05) is 19.6 Å². The number of nitrogens with one attached hydrogen (secondary N) is 1. The first-order valence-corrected chi connectivity index (χ1v) is 7.56. The molecule has 0 aromatic carbocycles. The summed E-state index contributed by atoms with van der Waals surface area (Å²) in [5.74, 6) is -2.82. The van der Waals surface area contributed by atoms with Gasteiger partial charge in [-0.25, -0.2) is 10.4 Å². The van der Waals surface area contributed by atoms with Gasteiger partial charge in [0.05, 0.1) is 0 Å². The largest absolute Gasteiger partial charge is 0.480 e. The number of hydrazine groups is 1. The molecular formula is C14H27N3O6. The minimum absolute atomic E-state index is 0.0473. The first kappa shape index (κ1) is 21.3. The molecule has 0 fully saturated rings. The van der Waals surface area contributed by atoms with E-state index < -0.39 is 29.9 Å². The number of hydrogen-bond acceptors (Lipinski definition) is 6. The quantitative estimate of drug-likeness (QED) is 0.280. The lowest BCUT2D eigenvalue weighted by Gasteiger charge is -2.32. The summed E-state index contributed by atoms with van der Waals surface area (Å²) in [6.45, 7) is 3.75. The number of aliphatic hydroxyl groups is 1. The van der Waals surface area contributed by atoms with Crippen LogP contribution in [0, 0.1) is 5.92 Å². The van der Waals surface area contributed by atoms with E-state index in [1.54, 1.807) is 0 Å². The van der Waals surface area contributed by atoms with Crippen LogP contribution in [0.25, 0.3) is 0 Å². The van der Waals surface area contributed by atoms with E-state index in [0.717, 1.165) is 0 Å². The predicted molar refractivity (Wildman–Crippen MR) is 82.3 cm³/mol. The Hall–Kier alpha value is -1.71. The number of hydrogen-bond donors (Lipinski definition) is 5. The van der Waals surface area contributed by atoms with Gasteiger partial charge in [-0.3, -0.25) is 14.4 Å². The van der Waals surface area contributed by atoms with Crippen molar-refractivity contribution in [2.75, 3.05) is 13.2 Å². The Morgan fingerprint density at radius 1 is 1.17 bits per heavy atom. The maximum Gasteiger partial charge on any atom is 0.322 e. The Labute approximate surface area is 135 Å². The molecule has 0 saturated carbocycles. The molecule has 0 spiro atoms. The van der Waals surface area contributed by atoms with Crippen molar-refractivity contribution in [3.63, 3.8) is 0 Å². The SMILES string of the molecule is CC(C)C[C@@H](C(=O)O)N(CCCO)N[C@@H](CCC(N)=O)C(=O)O. The van der Waals surface area contributed by atoms with E-state index in [1.165, 1.54) is 5.01 Å². The van der Waals surface area contributed by atoms with Crippen molar-refractivity contribution < 1.29 is 29.7 Å². The van der Waals surface area contributed by atoms with Gasteiger partial charge in [0.25, 0.3) is 0 Å². The minimum Gasteiger partial charge on any atom is -0.480 e. The molecule has 0 saturated heterocycles. The van der Waals surface area contributed by atoms with E-state index in [0.29, 0.717) is 6.42 Å². The van der Waals surface area contributed by atoms with Crippen LogP contribution in [0.5, 0.6) is 0 Å². The number of amides is 1. The lowest BCUT2D eigenvalue weighted by molar-refractivity contribution is -0.150. The van der Waals surface area contributed by atoms with Crippen molar-refractivity contribution in [1.29, 1.82) is 0 Å². The van der Waals surface area contributed by atoms with Crippen LogP contribution in [0.4, 0.5) is 0 Å². The van der Waals surface area contributed by atoms with Gasteiger partial charge in [0.1, 0.15) is 12.1 Å². The molecule has 0 heterocycles. The van der Waals surface area contributed by atoms with Crippen LogP contribution in [0.15, 0.2) is 0 Å². The third-order valence-corrected chi connectivity index (χ3v) is 3.21. The summed E-state index contributed by atoms with van der Waals surface area (Å²) in [5, 5.41) is 28.9. The Morgan fingerprint density at radius 2 is 1.78 bits per heavy atom. The Bertz CT molecular complexity index is 402. The van der Waals surface area contributed by atoms with E-state index in [9.17, 15) is 24.6 Å². The third kappa shape index (κ3) is 9.11. The van der Waals surface area contributed by atoms with E-state index in [1.807, 2.05) is 13.8 Å². The number of carboxylic acids is 2. The maximum absolute atomic E-state index is 11.5. The highest BCUT2D eigenvalue weighted by atomic mass is 16.4. The summed E-state index contributed by atoms with van der Waals surface area (Å²) in [4.78, 5) is 33.6. The number of rotatable bonds is 13. The van der Waals surface area contributed by atoms with Crippen LogP contribution >= 0.6 is 0 Å². The standard InChI is InChI=1S/C14H27N3O6/c1-9(2)8-11(14(22)23)17(6-3-7-18)16-10(13(20)21)4-5-12(15)19/h9-11,16,18H,3-8H2,1-2H3,(H2,15,19)(H,20,21)(H,22,23)/t10-,11-/m0/s1. The Kier molecular flexibility index (Phi) is 10.1. The van der Waals surface area contributed by atoms with Gasteiger partial charge in [-0.15, -0.1) is 0 Å². The van der Waals surface area contributed by atoms with Gasteiger partial charge in [-0.1, -0.05) is 13.8 Å². The molecule has 9 nitrogen and oxygen atoms in total. The van der Waals surface area contributed by atoms with Crippen molar-refractivity contribution in [3.8, 4) is 0 Å². The molecule has 23 heavy (non-hydrogen) atoms. The maximum atomic E-state index is 11.5. The molecule has 0 radical (unpaired) electrons. The second-order valence-electron chi connectivity index (χ2n) is 5.78. The Balaban J connectivity index is 5.11. The molecule has 0 unspecified atom stereocenters. The monoisotopic (exact) mass is 333 g/mol. The van der Waals surface area contributed by atoms with E-state index in [2.05, 4.69) is 5.43 Å². The van der Waals surface area contributed by atoms with Gasteiger partial charge in [-0.2, -0.15) is 0 Å². The molecule has 0 aromatic rings. The molecule has 0 rings (SSSR count). The molecule has 0 aliphatic carbocycles. The van der Waals surface area contributed by atoms with E-state index in [-0.39, 0.29) is 38.3 Å². The third-order valence-electron chi connectivity index (χ3n) is 3.21. The molecule has 0 aliphatic rings. The van der Waals surface area contributed by atoms with Gasteiger partial charge in [0.2, 0.25) is 5.91 Å². The zero-order valence-electron chi connectivity index (χ0n) is 13.6. The highest BCUT2D eigenvalue weighted by molar-refractivity contribution is 5.77. The summed E-state index contributed by atoms with van der Waals surface area (Å²) in [6, 6.07) is -2.06. The molecule has 0 aromatic heterocycles. The highest BCUT2D eigenvalue weighted by Gasteiger charge is 2.30. The first-order valence-electron chi connectivity index (χ1n) is 7.56. The number of carboxylic acid groups (broad SMARTS) is 2. The van der Waals surface area contributed by atoms with Crippen LogP contribution in [0.3, 0.4) is 0 Å². The number of aliphatic hydroxyl groups excluding tert-OH is 1. The van der Waals surface area contributed by atoms with Crippen molar-refractivity contribution in [3.05, 3.63) is 0 Å². The average molecular weight is 333 g/mol. The summed E-state index contributed by atoms with van der Waals surface area (Å²) in [6.07, 6.45) is 0.432. The molecule has 6 N–H and O–H groups in total. The molecule has 1 amide bonds. The van der Waals surface area contributed by atoms with Crippen molar-refractivity contribution in [2.45, 2.75) is 51.6 Å². The van der Waals surface area contributed by atoms with Gasteiger partial charge < -0.3 is 21.1 Å². The molecule has 9 heteroatoms. The number of nitrogens with two attached hydrogens (primary N) is 1. The summed E-state index contributed by atoms with van der Waals surface area (Å²) < 4.78 is 0. The second kappa shape index (κ2) is 10.9. The van der Waals surface area contributed by atoms with Gasteiger partial charge >= 0.3 is 11.9 Å². The lowest BCUT2D eigenvalue weighted by Crippen LogP contribution is -2.56. The Morgan fingerprint density at radius 3 is 2.17 bits per heavy atom. The van der Waals surface area contributed by atoms with Crippen molar-refractivity contribution in [1.82, 2.24) is 10.4 Å². The number of carbonyl (C=O) groups excluding carboxylic acids is 1. The molecular weight excluding hydrogens is 306 g/mol. The minimum atomic E-state index is -1.20. The van der Waals surface area contributed by atoms with Crippen LogP contribution < -0.4 is 11.2 Å². The number of carbonyl (C=O) groups is 3. The fourth-order valence-electron chi connectivity index (χ4n) is 2.09. The zero-order chi connectivity index (χ0) is 18.0. The molecule has 134 valence electrons. The smallest absolute Gasteiger partial charge is 0.322 e. The first-order chi connectivity index (χ1) is 10.7. The highest BCUT2D eigenvalue weighted by Crippen LogP contribution is 2.12. The van der Waals surface area contributed by atoms with Crippen LogP contribution in [-0.2, 0) is 14.4 Å². The van der Waals surface area contributed by atoms with Gasteiger partial charge in [0.15, 0.2) is 0 Å². The number of nitrogens with zero attached hydrogens (tertiary/aromatic N) is 1. The normalized spacial score (nSPS) is 14.0. The average Bonchev–Trinajstić information content (AvgIpc) is 2.43. The fraction of sp³-hybridized carbons (Fsp3) is 0.786. The van der Waals surface area contributed by atoms with Crippen molar-refractivity contribution >= 4 is 17.8 Å².